The SMILES string of the molecule is O=C(CCC(=O)c1ccc2c(c1)OCCO2)Nc1ccc(N2CCOCC2)c(F)c1. The molecule has 2 aromatic carbocycles. The Morgan fingerprint density at radius 2 is 1.70 bits per heavy atom. The van der Waals surface area contributed by atoms with Crippen LogP contribution in [0.2, 0.25) is 0 Å². The fourth-order valence-electron chi connectivity index (χ4n) is 3.46. The van der Waals surface area contributed by atoms with Crippen molar-refractivity contribution in [1.29, 1.82) is 0 Å². The van der Waals surface area contributed by atoms with Gasteiger partial charge in [-0.15, -0.1) is 0 Å². The Balaban J connectivity index is 1.31. The number of ketones is 1. The van der Waals surface area contributed by atoms with Crippen LogP contribution in [-0.2, 0) is 9.53 Å². The number of benzene rings is 2. The molecule has 7 nitrogen and oxygen atoms in total. The topological polar surface area (TPSA) is 77.1 Å². The van der Waals surface area contributed by atoms with Crippen molar-refractivity contribution in [2.45, 2.75) is 12.8 Å². The van der Waals surface area contributed by atoms with Crippen molar-refractivity contribution in [3.05, 3.63) is 47.8 Å². The summed E-state index contributed by atoms with van der Waals surface area (Å²) in [6, 6.07) is 9.60. The lowest BCUT2D eigenvalue weighted by molar-refractivity contribution is -0.116. The summed E-state index contributed by atoms with van der Waals surface area (Å²) < 4.78 is 30.6. The maximum absolute atomic E-state index is 14.4. The van der Waals surface area contributed by atoms with Crippen LogP contribution in [0.25, 0.3) is 0 Å². The number of nitrogens with zero attached hydrogens (tertiary/aromatic N) is 1. The van der Waals surface area contributed by atoms with Crippen LogP contribution in [0.4, 0.5) is 15.8 Å². The smallest absolute Gasteiger partial charge is 0.224 e. The van der Waals surface area contributed by atoms with Gasteiger partial charge in [-0.3, -0.25) is 9.59 Å². The fourth-order valence-corrected chi connectivity index (χ4v) is 3.46. The number of carbonyl (C=O) groups is 2. The summed E-state index contributed by atoms with van der Waals surface area (Å²) in [6.45, 7) is 3.31. The van der Waals surface area contributed by atoms with Gasteiger partial charge in [-0.05, 0) is 36.4 Å². The van der Waals surface area contributed by atoms with Gasteiger partial charge in [0.25, 0.3) is 0 Å². The summed E-state index contributed by atoms with van der Waals surface area (Å²) in [4.78, 5) is 26.5. The lowest BCUT2D eigenvalue weighted by Crippen LogP contribution is -2.36. The van der Waals surface area contributed by atoms with E-state index in [-0.39, 0.29) is 24.5 Å². The molecule has 1 amide bonds. The summed E-state index contributed by atoms with van der Waals surface area (Å²) in [5.74, 6) is 0.225. The van der Waals surface area contributed by atoms with Crippen LogP contribution in [0.3, 0.4) is 0 Å². The lowest BCUT2D eigenvalue weighted by Gasteiger charge is -2.29. The molecule has 158 valence electrons. The van der Waals surface area contributed by atoms with Crippen molar-refractivity contribution in [1.82, 2.24) is 0 Å². The first-order valence-corrected chi connectivity index (χ1v) is 9.95. The number of halogens is 1. The number of Topliss-reactive ketones (excluding diaryl/α,β-unsaturated/α-hetero) is 1. The molecule has 2 aliphatic rings. The third kappa shape index (κ3) is 4.71. The van der Waals surface area contributed by atoms with Gasteiger partial charge in [0.15, 0.2) is 17.3 Å². The minimum Gasteiger partial charge on any atom is -0.486 e. The molecular formula is C22H23FN2O5. The van der Waals surface area contributed by atoms with Crippen LogP contribution in [0.1, 0.15) is 23.2 Å². The van der Waals surface area contributed by atoms with Gasteiger partial charge in [0.2, 0.25) is 5.91 Å². The Morgan fingerprint density at radius 3 is 2.47 bits per heavy atom. The number of carbonyl (C=O) groups excluding carboxylic acids is 2. The standard InChI is InChI=1S/C22H23FN2O5/c23-17-14-16(2-3-18(17)25-7-9-28-10-8-25)24-22(27)6-4-19(26)15-1-5-20-21(13-15)30-12-11-29-20/h1-3,5,13-14H,4,6-12H2,(H,24,27). The van der Waals surface area contributed by atoms with Gasteiger partial charge in [0.1, 0.15) is 19.0 Å². The van der Waals surface area contributed by atoms with Crippen molar-refractivity contribution >= 4 is 23.1 Å². The van der Waals surface area contributed by atoms with E-state index >= 15 is 0 Å². The van der Waals surface area contributed by atoms with Crippen molar-refractivity contribution in [2.24, 2.45) is 0 Å². The van der Waals surface area contributed by atoms with Crippen molar-refractivity contribution < 1.29 is 28.2 Å². The molecule has 4 rings (SSSR count). The molecule has 0 bridgehead atoms. The molecule has 0 aromatic heterocycles. The molecule has 0 saturated carbocycles. The first kappa shape index (κ1) is 20.2. The highest BCUT2D eigenvalue weighted by Crippen LogP contribution is 2.31. The molecule has 0 spiro atoms. The lowest BCUT2D eigenvalue weighted by atomic mass is 10.1. The van der Waals surface area contributed by atoms with Gasteiger partial charge in [-0.2, -0.15) is 0 Å². The molecular weight excluding hydrogens is 391 g/mol. The summed E-state index contributed by atoms with van der Waals surface area (Å²) in [5, 5.41) is 2.65. The van der Waals surface area contributed by atoms with Crippen molar-refractivity contribution in [3.63, 3.8) is 0 Å². The predicted octanol–water partition coefficient (Wildman–Crippen LogP) is 3.04. The van der Waals surface area contributed by atoms with E-state index in [1.165, 1.54) is 6.07 Å². The number of hydrogen-bond donors (Lipinski definition) is 1. The Kier molecular flexibility index (Phi) is 6.13. The Bertz CT molecular complexity index is 943. The first-order valence-electron chi connectivity index (χ1n) is 9.95. The van der Waals surface area contributed by atoms with E-state index in [1.54, 1.807) is 30.3 Å². The van der Waals surface area contributed by atoms with E-state index in [0.29, 0.717) is 68.0 Å². The zero-order valence-corrected chi connectivity index (χ0v) is 16.5. The molecule has 8 heteroatoms. The zero-order valence-electron chi connectivity index (χ0n) is 16.5. The maximum Gasteiger partial charge on any atom is 0.224 e. The van der Waals surface area contributed by atoms with E-state index < -0.39 is 5.82 Å². The highest BCUT2D eigenvalue weighted by Gasteiger charge is 2.17. The number of rotatable bonds is 6. The fraction of sp³-hybridized carbons (Fsp3) is 0.364. The van der Waals surface area contributed by atoms with Gasteiger partial charge in [-0.1, -0.05) is 0 Å². The average Bonchev–Trinajstić information content (AvgIpc) is 2.78. The number of morpholine rings is 1. The first-order chi connectivity index (χ1) is 14.6. The molecule has 2 aliphatic heterocycles. The van der Waals surface area contributed by atoms with Crippen LogP contribution in [-0.4, -0.2) is 51.2 Å². The Hall–Kier alpha value is -3.13. The third-order valence-electron chi connectivity index (χ3n) is 5.03. The highest BCUT2D eigenvalue weighted by molar-refractivity contribution is 6.00. The minimum absolute atomic E-state index is 0.000109. The molecule has 1 saturated heterocycles. The quantitative estimate of drug-likeness (QED) is 0.733. The number of amides is 1. The second-order valence-electron chi connectivity index (χ2n) is 7.10. The van der Waals surface area contributed by atoms with Gasteiger partial charge in [0, 0.05) is 37.2 Å². The summed E-state index contributed by atoms with van der Waals surface area (Å²) >= 11 is 0. The number of nitrogens with one attached hydrogen (secondary N) is 1. The molecule has 0 aliphatic carbocycles. The predicted molar refractivity (Wildman–Crippen MR) is 109 cm³/mol. The van der Waals surface area contributed by atoms with Crippen LogP contribution in [0.5, 0.6) is 11.5 Å². The third-order valence-corrected chi connectivity index (χ3v) is 5.03. The van der Waals surface area contributed by atoms with E-state index in [4.69, 9.17) is 14.2 Å². The summed E-state index contributed by atoms with van der Waals surface area (Å²) in [6.07, 6.45) is 0.0416. The normalized spacial score (nSPS) is 15.6. The number of hydrogen-bond acceptors (Lipinski definition) is 6. The van der Waals surface area contributed by atoms with Crippen LogP contribution >= 0.6 is 0 Å². The summed E-state index contributed by atoms with van der Waals surface area (Å²) in [7, 11) is 0. The monoisotopic (exact) mass is 414 g/mol. The van der Waals surface area contributed by atoms with E-state index in [0.717, 1.165) is 0 Å². The summed E-state index contributed by atoms with van der Waals surface area (Å²) in [5.41, 5.74) is 1.32. The van der Waals surface area contributed by atoms with Gasteiger partial charge in [-0.25, -0.2) is 4.39 Å². The molecule has 1 N–H and O–H groups in total. The van der Waals surface area contributed by atoms with Gasteiger partial charge >= 0.3 is 0 Å². The molecule has 0 radical (unpaired) electrons. The number of anilines is 2. The van der Waals surface area contributed by atoms with E-state index in [9.17, 15) is 14.0 Å². The Morgan fingerprint density at radius 1 is 0.933 bits per heavy atom. The number of fused-ring (bicyclic) bond motifs is 1. The minimum atomic E-state index is -0.401. The maximum atomic E-state index is 14.4. The molecule has 0 unspecified atom stereocenters. The van der Waals surface area contributed by atoms with Gasteiger partial charge < -0.3 is 24.4 Å². The van der Waals surface area contributed by atoms with Crippen LogP contribution in [0, 0.1) is 5.82 Å². The average molecular weight is 414 g/mol. The second-order valence-corrected chi connectivity index (χ2v) is 7.10. The molecule has 30 heavy (non-hydrogen) atoms. The second kappa shape index (κ2) is 9.13. The van der Waals surface area contributed by atoms with Crippen LogP contribution < -0.4 is 19.7 Å². The molecule has 2 heterocycles. The van der Waals surface area contributed by atoms with E-state index in [2.05, 4.69) is 5.32 Å². The van der Waals surface area contributed by atoms with Gasteiger partial charge in [0.05, 0.1) is 18.9 Å². The highest BCUT2D eigenvalue weighted by atomic mass is 19.1. The van der Waals surface area contributed by atoms with E-state index in [1.807, 2.05) is 4.90 Å². The van der Waals surface area contributed by atoms with Crippen molar-refractivity contribution in [3.8, 4) is 11.5 Å². The van der Waals surface area contributed by atoms with Crippen molar-refractivity contribution in [2.75, 3.05) is 49.7 Å². The molecule has 0 atom stereocenters. The Labute approximate surface area is 173 Å². The molecule has 1 fully saturated rings. The largest absolute Gasteiger partial charge is 0.486 e. The number of ether oxygens (including phenoxy) is 3. The molecule has 2 aromatic rings. The van der Waals surface area contributed by atoms with Crippen LogP contribution in [0.15, 0.2) is 36.4 Å². The zero-order chi connectivity index (χ0) is 20.9.